The molecule has 0 amide bonds. The molecule has 2 unspecified atom stereocenters. The van der Waals surface area contributed by atoms with E-state index in [0.29, 0.717) is 13.0 Å². The maximum absolute atomic E-state index is 12.6. The van der Waals surface area contributed by atoms with Crippen molar-refractivity contribution in [2.45, 2.75) is 213 Å². The first kappa shape index (κ1) is 54.2. The van der Waals surface area contributed by atoms with E-state index < -0.39 is 26.5 Å². The molecular weight excluding hydrogens is 725 g/mol. The summed E-state index contributed by atoms with van der Waals surface area (Å²) < 4.78 is 33.2. The number of carbonyl (C=O) groups is 2. The van der Waals surface area contributed by atoms with Crippen molar-refractivity contribution in [3.05, 3.63) is 36.5 Å². The number of likely N-dealkylation sites (N-methyl/N-ethyl adjacent to an activating group) is 1. The first-order valence-corrected chi connectivity index (χ1v) is 24.4. The highest BCUT2D eigenvalue weighted by atomic mass is 31.2. The van der Waals surface area contributed by atoms with Crippen molar-refractivity contribution in [2.24, 2.45) is 0 Å². The molecule has 0 rings (SSSR count). The molecule has 56 heavy (non-hydrogen) atoms. The zero-order valence-electron chi connectivity index (χ0n) is 36.3. The van der Waals surface area contributed by atoms with E-state index in [1.165, 1.54) is 116 Å². The molecule has 0 saturated carbocycles. The van der Waals surface area contributed by atoms with Crippen LogP contribution in [0, 0.1) is 0 Å². The summed E-state index contributed by atoms with van der Waals surface area (Å²) in [5.41, 5.74) is 0. The Bertz CT molecular complexity index is 1020. The number of hydrogen-bond acceptors (Lipinski definition) is 8. The third kappa shape index (κ3) is 41.9. The van der Waals surface area contributed by atoms with Crippen LogP contribution in [-0.4, -0.2) is 56.3 Å². The molecule has 0 heterocycles. The molecule has 0 aromatic heterocycles. The quantitative estimate of drug-likeness (QED) is 0.0268. The van der Waals surface area contributed by atoms with Gasteiger partial charge in [0.05, 0.1) is 13.2 Å². The number of esters is 2. The lowest BCUT2D eigenvalue weighted by atomic mass is 10.1. The number of phosphoric acid groups is 1. The first-order chi connectivity index (χ1) is 27.3. The Morgan fingerprint density at radius 3 is 1.46 bits per heavy atom. The normalized spacial score (nSPS) is 13.6. The Morgan fingerprint density at radius 2 is 0.964 bits per heavy atom. The van der Waals surface area contributed by atoms with Crippen LogP contribution in [-0.2, 0) is 32.7 Å². The van der Waals surface area contributed by atoms with Gasteiger partial charge in [0.2, 0.25) is 0 Å². The maximum atomic E-state index is 12.6. The second kappa shape index (κ2) is 42.8. The molecule has 328 valence electrons. The van der Waals surface area contributed by atoms with Gasteiger partial charge in [-0.3, -0.25) is 18.6 Å². The highest BCUT2D eigenvalue weighted by Crippen LogP contribution is 2.43. The zero-order valence-corrected chi connectivity index (χ0v) is 37.2. The Balaban J connectivity index is 4.18. The SMILES string of the molecule is CCCCC/C=C\C/C=C\CCCCCCCCCCCC(=O)OCC(COP(=O)(O)OCCNC)OC(=O)CCCCCCC/C=C\CCCCCCCC. The molecule has 0 aromatic rings. The lowest BCUT2D eigenvalue weighted by molar-refractivity contribution is -0.161. The summed E-state index contributed by atoms with van der Waals surface area (Å²) in [5, 5.41) is 2.82. The van der Waals surface area contributed by atoms with Crippen LogP contribution < -0.4 is 5.32 Å². The standard InChI is InChI=1S/C46H86NO8P/c1-4-6-8-10-12-14-16-18-20-21-22-23-25-26-28-30-32-34-36-38-45(48)52-42-44(43-54-56(50,51)53-41-40-47-3)55-46(49)39-37-35-33-31-29-27-24-19-17-15-13-11-9-7-5-2/h12,14,18-20,24,44,47H,4-11,13,15-17,21-23,25-43H2,1-3H3,(H,50,51)/b14-12-,20-18-,24-19-. The van der Waals surface area contributed by atoms with E-state index >= 15 is 0 Å². The number of unbranched alkanes of at least 4 members (excludes halogenated alkanes) is 23. The average Bonchev–Trinajstić information content (AvgIpc) is 3.18. The highest BCUT2D eigenvalue weighted by molar-refractivity contribution is 7.47. The number of phosphoric ester groups is 1. The number of rotatable bonds is 43. The molecule has 2 atom stereocenters. The molecular formula is C46H86NO8P. The number of nitrogens with one attached hydrogen (secondary N) is 1. The average molecular weight is 812 g/mol. The summed E-state index contributed by atoms with van der Waals surface area (Å²) in [4.78, 5) is 35.1. The van der Waals surface area contributed by atoms with Gasteiger partial charge in [-0.2, -0.15) is 0 Å². The van der Waals surface area contributed by atoms with Crippen LogP contribution in [0.25, 0.3) is 0 Å². The van der Waals surface area contributed by atoms with Crippen molar-refractivity contribution in [3.8, 4) is 0 Å². The van der Waals surface area contributed by atoms with Gasteiger partial charge >= 0.3 is 19.8 Å². The van der Waals surface area contributed by atoms with Crippen LogP contribution in [0.15, 0.2) is 36.5 Å². The second-order valence-corrected chi connectivity index (χ2v) is 16.7. The smallest absolute Gasteiger partial charge is 0.462 e. The van der Waals surface area contributed by atoms with Crippen LogP contribution in [0.3, 0.4) is 0 Å². The van der Waals surface area contributed by atoms with Gasteiger partial charge in [-0.05, 0) is 77.7 Å². The van der Waals surface area contributed by atoms with Crippen molar-refractivity contribution in [3.63, 3.8) is 0 Å². The number of hydrogen-bond donors (Lipinski definition) is 2. The van der Waals surface area contributed by atoms with Gasteiger partial charge in [-0.1, -0.05) is 159 Å². The molecule has 0 fully saturated rings. The van der Waals surface area contributed by atoms with Gasteiger partial charge in [0.25, 0.3) is 0 Å². The summed E-state index contributed by atoms with van der Waals surface area (Å²) >= 11 is 0. The molecule has 0 aliphatic carbocycles. The van der Waals surface area contributed by atoms with E-state index in [1.807, 2.05) is 0 Å². The third-order valence-corrected chi connectivity index (χ3v) is 10.7. The van der Waals surface area contributed by atoms with Crippen LogP contribution in [0.5, 0.6) is 0 Å². The van der Waals surface area contributed by atoms with Crippen molar-refractivity contribution in [1.29, 1.82) is 0 Å². The third-order valence-electron chi connectivity index (χ3n) is 9.73. The highest BCUT2D eigenvalue weighted by Gasteiger charge is 2.26. The minimum Gasteiger partial charge on any atom is -0.462 e. The fraction of sp³-hybridized carbons (Fsp3) is 0.826. The van der Waals surface area contributed by atoms with Crippen LogP contribution in [0.4, 0.5) is 0 Å². The van der Waals surface area contributed by atoms with E-state index in [0.717, 1.165) is 57.8 Å². The molecule has 9 nitrogen and oxygen atoms in total. The topological polar surface area (TPSA) is 120 Å². The fourth-order valence-electron chi connectivity index (χ4n) is 6.22. The summed E-state index contributed by atoms with van der Waals surface area (Å²) in [7, 11) is -2.65. The summed E-state index contributed by atoms with van der Waals surface area (Å²) in [6, 6.07) is 0. The fourth-order valence-corrected chi connectivity index (χ4v) is 6.98. The molecule has 0 bridgehead atoms. The Morgan fingerprint density at radius 1 is 0.554 bits per heavy atom. The predicted octanol–water partition coefficient (Wildman–Crippen LogP) is 13.2. The molecule has 2 N–H and O–H groups in total. The van der Waals surface area contributed by atoms with Gasteiger partial charge in [0.1, 0.15) is 6.61 Å². The van der Waals surface area contributed by atoms with Crippen molar-refractivity contribution in [2.75, 3.05) is 33.4 Å². The Labute approximate surface area is 344 Å². The molecule has 0 saturated heterocycles. The largest absolute Gasteiger partial charge is 0.472 e. The van der Waals surface area contributed by atoms with Gasteiger partial charge in [0.15, 0.2) is 6.10 Å². The molecule has 0 aliphatic heterocycles. The molecule has 0 radical (unpaired) electrons. The number of allylic oxidation sites excluding steroid dienone is 6. The van der Waals surface area contributed by atoms with E-state index in [1.54, 1.807) is 7.05 Å². The van der Waals surface area contributed by atoms with Gasteiger partial charge in [0, 0.05) is 19.4 Å². The maximum Gasteiger partial charge on any atom is 0.472 e. The van der Waals surface area contributed by atoms with Crippen molar-refractivity contribution < 1.29 is 37.6 Å². The monoisotopic (exact) mass is 812 g/mol. The van der Waals surface area contributed by atoms with Crippen molar-refractivity contribution >= 4 is 19.8 Å². The van der Waals surface area contributed by atoms with Gasteiger partial charge < -0.3 is 19.7 Å². The van der Waals surface area contributed by atoms with Crippen molar-refractivity contribution in [1.82, 2.24) is 5.32 Å². The first-order valence-electron chi connectivity index (χ1n) is 22.9. The molecule has 0 spiro atoms. The lowest BCUT2D eigenvalue weighted by Gasteiger charge is -2.20. The lowest BCUT2D eigenvalue weighted by Crippen LogP contribution is -2.29. The van der Waals surface area contributed by atoms with E-state index in [4.69, 9.17) is 18.5 Å². The van der Waals surface area contributed by atoms with Gasteiger partial charge in [-0.25, -0.2) is 4.57 Å². The van der Waals surface area contributed by atoms with E-state index in [-0.39, 0.29) is 32.0 Å². The minimum atomic E-state index is -4.35. The van der Waals surface area contributed by atoms with Gasteiger partial charge in [-0.15, -0.1) is 0 Å². The molecule has 10 heteroatoms. The van der Waals surface area contributed by atoms with Crippen LogP contribution in [0.1, 0.15) is 206 Å². The van der Waals surface area contributed by atoms with Crippen LogP contribution in [0.2, 0.25) is 0 Å². The Hall–Kier alpha value is -1.77. The predicted molar refractivity (Wildman–Crippen MR) is 234 cm³/mol. The molecule has 0 aliphatic rings. The number of carbonyl (C=O) groups excluding carboxylic acids is 2. The minimum absolute atomic E-state index is 0.0191. The zero-order chi connectivity index (χ0) is 41.1. The molecule has 0 aromatic carbocycles. The summed E-state index contributed by atoms with van der Waals surface area (Å²) in [5.74, 6) is -0.817. The second-order valence-electron chi connectivity index (χ2n) is 15.2. The summed E-state index contributed by atoms with van der Waals surface area (Å²) in [6.07, 6.45) is 46.1. The van der Waals surface area contributed by atoms with E-state index in [2.05, 4.69) is 55.6 Å². The van der Waals surface area contributed by atoms with E-state index in [9.17, 15) is 19.0 Å². The Kier molecular flexibility index (Phi) is 41.5. The van der Waals surface area contributed by atoms with Crippen LogP contribution >= 0.6 is 7.82 Å². The number of ether oxygens (including phenoxy) is 2. The summed E-state index contributed by atoms with van der Waals surface area (Å²) in [6.45, 7) is 4.19.